The van der Waals surface area contributed by atoms with E-state index in [4.69, 9.17) is 5.73 Å². The SMILES string of the molecule is CCC[C@H](NC(=O)CCC(NC(=O)[C@@H](N)CC(=O)NCCCCCCCCCCCC(=O)Nc1n[nH]c2cccc(-c3ccc(NC(=O)Nc4cc(C)ccc4F)cc3)c12)C(=O)O)C(=O)O. The Balaban J connectivity index is 1.05. The van der Waals surface area contributed by atoms with Gasteiger partial charge in [-0.2, -0.15) is 5.10 Å². The molecule has 11 N–H and O–H groups in total. The average Bonchev–Trinajstić information content (AvgIpc) is 3.69. The van der Waals surface area contributed by atoms with Crippen LogP contribution in [0, 0.1) is 12.7 Å². The zero-order valence-electron chi connectivity index (χ0n) is 37.5. The number of rotatable bonds is 28. The second kappa shape index (κ2) is 26.8. The molecular weight excluding hydrogens is 854 g/mol. The third-order valence-corrected chi connectivity index (χ3v) is 10.8. The minimum Gasteiger partial charge on any atom is -0.480 e. The van der Waals surface area contributed by atoms with Crippen LogP contribution in [-0.2, 0) is 28.8 Å². The van der Waals surface area contributed by atoms with E-state index in [2.05, 4.69) is 42.1 Å². The van der Waals surface area contributed by atoms with Gasteiger partial charge in [-0.05, 0) is 79.6 Å². The molecule has 3 atom stereocenters. The normalized spacial score (nSPS) is 12.4. The van der Waals surface area contributed by atoms with Gasteiger partial charge in [0.25, 0.3) is 0 Å². The van der Waals surface area contributed by atoms with Crippen LogP contribution in [0.5, 0.6) is 0 Å². The highest BCUT2D eigenvalue weighted by molar-refractivity contribution is 6.07. The molecule has 1 heterocycles. The molecule has 4 rings (SSSR count). The van der Waals surface area contributed by atoms with Crippen LogP contribution < -0.4 is 37.6 Å². The first-order valence-corrected chi connectivity index (χ1v) is 22.4. The Bertz CT molecular complexity index is 2290. The largest absolute Gasteiger partial charge is 0.480 e. The lowest BCUT2D eigenvalue weighted by atomic mass is 10.0. The molecule has 1 aromatic heterocycles. The van der Waals surface area contributed by atoms with Crippen molar-refractivity contribution >= 4 is 69.7 Å². The van der Waals surface area contributed by atoms with Gasteiger partial charge in [0.2, 0.25) is 23.6 Å². The summed E-state index contributed by atoms with van der Waals surface area (Å²) >= 11 is 0. The molecule has 0 bridgehead atoms. The molecule has 0 fully saturated rings. The molecule has 3 aromatic carbocycles. The first-order chi connectivity index (χ1) is 31.6. The number of carbonyl (C=O) groups is 7. The van der Waals surface area contributed by atoms with Gasteiger partial charge in [-0.3, -0.25) is 24.3 Å². The standard InChI is InChI=1S/C47H62FN9O9/c1-3-14-36(45(62)63)52-40(59)25-24-37(46(64)65)53-44(61)34(49)28-41(60)50-26-12-10-8-6-4-5-7-9-11-17-39(58)55-43-42-32(15-13-16-35(42)56-57-43)30-19-21-31(22-20-30)51-47(66)54-38-27-29(2)18-23-33(38)48/h13,15-16,18-23,27,34,36-37H,3-12,14,17,24-26,28,49H2,1-2H3,(H,50,60)(H,52,59)(H,53,61)(H,62,63)(H,64,65)(H2,51,54,66)(H2,55,56,57,58)/t34-,36-,37?/m0/s1. The van der Waals surface area contributed by atoms with Gasteiger partial charge in [-0.25, -0.2) is 18.8 Å². The van der Waals surface area contributed by atoms with Crippen LogP contribution in [0.25, 0.3) is 22.0 Å². The molecule has 18 nitrogen and oxygen atoms in total. The molecular formula is C47H62FN9O9. The highest BCUT2D eigenvalue weighted by atomic mass is 19.1. The van der Waals surface area contributed by atoms with Gasteiger partial charge in [0, 0.05) is 25.1 Å². The quantitative estimate of drug-likeness (QED) is 0.0267. The van der Waals surface area contributed by atoms with Crippen LogP contribution >= 0.6 is 0 Å². The molecule has 0 aliphatic heterocycles. The highest BCUT2D eigenvalue weighted by Gasteiger charge is 2.26. The van der Waals surface area contributed by atoms with Gasteiger partial charge in [0.05, 0.1) is 29.1 Å². The number of aliphatic carboxylic acids is 2. The number of H-pyrrole nitrogens is 1. The number of carbonyl (C=O) groups excluding carboxylic acids is 5. The van der Waals surface area contributed by atoms with E-state index in [9.17, 15) is 48.2 Å². The van der Waals surface area contributed by atoms with Gasteiger partial charge < -0.3 is 47.8 Å². The van der Waals surface area contributed by atoms with Gasteiger partial charge in [0.15, 0.2) is 5.82 Å². The van der Waals surface area contributed by atoms with E-state index < -0.39 is 59.6 Å². The van der Waals surface area contributed by atoms with Crippen LogP contribution in [0.2, 0.25) is 0 Å². The van der Waals surface area contributed by atoms with Crippen LogP contribution in [0.15, 0.2) is 60.7 Å². The summed E-state index contributed by atoms with van der Waals surface area (Å²) < 4.78 is 14.1. The summed E-state index contributed by atoms with van der Waals surface area (Å²) in [6.45, 7) is 3.97. The maximum atomic E-state index is 14.1. The molecule has 19 heteroatoms. The van der Waals surface area contributed by atoms with E-state index in [0.717, 1.165) is 85.4 Å². The molecule has 1 unspecified atom stereocenters. The molecule has 4 aromatic rings. The van der Waals surface area contributed by atoms with Crippen molar-refractivity contribution in [1.29, 1.82) is 0 Å². The number of hydrogen-bond acceptors (Lipinski definition) is 9. The van der Waals surface area contributed by atoms with Crippen molar-refractivity contribution in [2.75, 3.05) is 22.5 Å². The van der Waals surface area contributed by atoms with Gasteiger partial charge >= 0.3 is 18.0 Å². The number of hydrogen-bond donors (Lipinski definition) is 10. The number of unbranched alkanes of at least 4 members (excludes halogenated alkanes) is 8. The van der Waals surface area contributed by atoms with Crippen molar-refractivity contribution in [3.63, 3.8) is 0 Å². The number of carboxylic acid groups (broad SMARTS) is 2. The summed E-state index contributed by atoms with van der Waals surface area (Å²) in [5, 5.41) is 42.3. The third-order valence-electron chi connectivity index (χ3n) is 10.8. The summed E-state index contributed by atoms with van der Waals surface area (Å²) in [7, 11) is 0. The maximum Gasteiger partial charge on any atom is 0.326 e. The fourth-order valence-electron chi connectivity index (χ4n) is 7.22. The highest BCUT2D eigenvalue weighted by Crippen LogP contribution is 2.33. The second-order valence-electron chi connectivity index (χ2n) is 16.3. The van der Waals surface area contributed by atoms with Crippen molar-refractivity contribution in [2.24, 2.45) is 5.73 Å². The third kappa shape index (κ3) is 17.2. The molecule has 66 heavy (non-hydrogen) atoms. The van der Waals surface area contributed by atoms with Gasteiger partial charge in [0.1, 0.15) is 17.9 Å². The number of amides is 6. The number of nitrogens with two attached hydrogens (primary N) is 1. The van der Waals surface area contributed by atoms with Crippen molar-refractivity contribution in [3.8, 4) is 11.1 Å². The summed E-state index contributed by atoms with van der Waals surface area (Å²) in [5.41, 5.74) is 9.71. The number of carboxylic acids is 2. The maximum absolute atomic E-state index is 14.1. The molecule has 0 saturated heterocycles. The minimum atomic E-state index is -1.45. The molecule has 0 radical (unpaired) electrons. The number of halogens is 1. The Kier molecular flexibility index (Phi) is 21.0. The smallest absolute Gasteiger partial charge is 0.326 e. The van der Waals surface area contributed by atoms with E-state index in [-0.39, 0.29) is 37.3 Å². The molecule has 6 amide bonds. The molecule has 0 spiro atoms. The summed E-state index contributed by atoms with van der Waals surface area (Å²) in [5.74, 6) is -4.77. The number of aryl methyl sites for hydroxylation is 1. The average molecular weight is 916 g/mol. The number of aromatic nitrogens is 2. The number of fused-ring (bicyclic) bond motifs is 1. The minimum absolute atomic E-state index is 0.0869. The topological polar surface area (TPSA) is 287 Å². The Labute approximate surface area is 382 Å². The lowest BCUT2D eigenvalue weighted by molar-refractivity contribution is -0.143. The zero-order valence-corrected chi connectivity index (χ0v) is 37.5. The Hall–Kier alpha value is -6.89. The summed E-state index contributed by atoms with van der Waals surface area (Å²) in [6, 6.07) is 12.9. The van der Waals surface area contributed by atoms with Gasteiger partial charge in [-0.15, -0.1) is 0 Å². The fraction of sp³-hybridized carbons (Fsp3) is 0.447. The van der Waals surface area contributed by atoms with Gasteiger partial charge in [-0.1, -0.05) is 88.6 Å². The Morgan fingerprint density at radius 2 is 1.38 bits per heavy atom. The second-order valence-corrected chi connectivity index (χ2v) is 16.3. The lowest BCUT2D eigenvalue weighted by Gasteiger charge is -2.18. The Morgan fingerprint density at radius 3 is 2.05 bits per heavy atom. The monoisotopic (exact) mass is 915 g/mol. The van der Waals surface area contributed by atoms with Crippen molar-refractivity contribution < 1.29 is 48.2 Å². The van der Waals surface area contributed by atoms with Crippen molar-refractivity contribution in [1.82, 2.24) is 26.1 Å². The number of nitrogens with zero attached hydrogens (tertiary/aromatic N) is 1. The van der Waals surface area contributed by atoms with E-state index in [1.807, 2.05) is 30.3 Å². The van der Waals surface area contributed by atoms with E-state index in [1.54, 1.807) is 38.1 Å². The fourth-order valence-corrected chi connectivity index (χ4v) is 7.22. The number of anilines is 3. The molecule has 0 aliphatic carbocycles. The summed E-state index contributed by atoms with van der Waals surface area (Å²) in [4.78, 5) is 85.4. The van der Waals surface area contributed by atoms with Crippen LogP contribution in [-0.4, -0.2) is 86.7 Å². The number of aromatic amines is 1. The number of benzene rings is 3. The molecule has 0 saturated carbocycles. The predicted molar refractivity (Wildman–Crippen MR) is 249 cm³/mol. The molecule has 356 valence electrons. The van der Waals surface area contributed by atoms with Crippen LogP contribution in [0.3, 0.4) is 0 Å². The van der Waals surface area contributed by atoms with E-state index >= 15 is 0 Å². The van der Waals surface area contributed by atoms with Crippen molar-refractivity contribution in [3.05, 3.63) is 72.0 Å². The Morgan fingerprint density at radius 1 is 0.727 bits per heavy atom. The lowest BCUT2D eigenvalue weighted by Crippen LogP contribution is -2.50. The zero-order chi connectivity index (χ0) is 48.0. The summed E-state index contributed by atoms with van der Waals surface area (Å²) in [6.07, 6.45) is 8.51. The first-order valence-electron chi connectivity index (χ1n) is 22.4. The number of nitrogens with one attached hydrogen (secondary N) is 7. The first kappa shape index (κ1) is 51.7. The van der Waals surface area contributed by atoms with Crippen LogP contribution in [0.1, 0.15) is 109 Å². The van der Waals surface area contributed by atoms with Crippen molar-refractivity contribution in [2.45, 2.75) is 128 Å². The van der Waals surface area contributed by atoms with E-state index in [1.165, 1.54) is 6.07 Å². The van der Waals surface area contributed by atoms with Crippen LogP contribution in [0.4, 0.5) is 26.4 Å². The van der Waals surface area contributed by atoms with E-state index in [0.29, 0.717) is 30.9 Å². The predicted octanol–water partition coefficient (Wildman–Crippen LogP) is 6.71. The number of urea groups is 1. The molecule has 0 aliphatic rings.